The van der Waals surface area contributed by atoms with E-state index in [1.165, 1.54) is 0 Å². The van der Waals surface area contributed by atoms with Crippen LogP contribution in [0, 0.1) is 0 Å². The summed E-state index contributed by atoms with van der Waals surface area (Å²) in [5, 5.41) is 5.66. The molecule has 2 amide bonds. The summed E-state index contributed by atoms with van der Waals surface area (Å²) in [6, 6.07) is 7.24. The van der Waals surface area contributed by atoms with Crippen molar-refractivity contribution in [3.05, 3.63) is 29.8 Å². The van der Waals surface area contributed by atoms with E-state index in [4.69, 9.17) is 0 Å². The van der Waals surface area contributed by atoms with Gasteiger partial charge in [-0.05, 0) is 44.0 Å². The van der Waals surface area contributed by atoms with Crippen molar-refractivity contribution in [1.29, 1.82) is 0 Å². The first-order valence-electron chi connectivity index (χ1n) is 5.92. The maximum atomic E-state index is 11.7. The summed E-state index contributed by atoms with van der Waals surface area (Å²) >= 11 is 3.19. The second kappa shape index (κ2) is 5.52. The topological polar surface area (TPSA) is 58.2 Å². The lowest BCUT2D eigenvalue weighted by Crippen LogP contribution is -2.25. The lowest BCUT2D eigenvalue weighted by atomic mass is 10.2. The van der Waals surface area contributed by atoms with Crippen molar-refractivity contribution < 1.29 is 9.59 Å². The van der Waals surface area contributed by atoms with Crippen LogP contribution in [-0.2, 0) is 4.79 Å². The first-order chi connectivity index (χ1) is 8.56. The van der Waals surface area contributed by atoms with Gasteiger partial charge in [0.05, 0.1) is 4.83 Å². The Balaban J connectivity index is 1.96. The van der Waals surface area contributed by atoms with Crippen molar-refractivity contribution >= 4 is 33.4 Å². The van der Waals surface area contributed by atoms with Gasteiger partial charge in [0.1, 0.15) is 0 Å². The summed E-state index contributed by atoms with van der Waals surface area (Å²) < 4.78 is 0. The Bertz CT molecular complexity index is 453. The molecule has 0 radical (unpaired) electrons. The van der Waals surface area contributed by atoms with E-state index in [0.717, 1.165) is 12.8 Å². The molecule has 0 aliphatic heterocycles. The zero-order chi connectivity index (χ0) is 13.1. The number of amides is 2. The van der Waals surface area contributed by atoms with E-state index in [2.05, 4.69) is 26.6 Å². The molecule has 1 aliphatic rings. The molecule has 0 saturated heterocycles. The molecule has 0 heterocycles. The average Bonchev–Trinajstić information content (AvgIpc) is 3.13. The van der Waals surface area contributed by atoms with Gasteiger partial charge in [-0.1, -0.05) is 15.9 Å². The fourth-order valence-corrected chi connectivity index (χ4v) is 1.56. The van der Waals surface area contributed by atoms with Crippen LogP contribution < -0.4 is 10.6 Å². The molecule has 0 aromatic heterocycles. The standard InChI is InChI=1S/C13H15BrN2O2/c1-8(14)12(17)15-10-4-2-9(3-5-10)13(18)16-11-6-7-11/h2-5,8,11H,6-7H2,1H3,(H,15,17)(H,16,18). The second-order valence-electron chi connectivity index (χ2n) is 4.43. The van der Waals surface area contributed by atoms with Crippen LogP contribution in [0.15, 0.2) is 24.3 Å². The average molecular weight is 311 g/mol. The van der Waals surface area contributed by atoms with Crippen molar-refractivity contribution in [2.24, 2.45) is 0 Å². The number of rotatable bonds is 4. The van der Waals surface area contributed by atoms with Crippen molar-refractivity contribution in [1.82, 2.24) is 5.32 Å². The zero-order valence-corrected chi connectivity index (χ0v) is 11.7. The van der Waals surface area contributed by atoms with Crippen LogP contribution in [0.5, 0.6) is 0 Å². The SMILES string of the molecule is CC(Br)C(=O)Nc1ccc(C(=O)NC2CC2)cc1. The summed E-state index contributed by atoms with van der Waals surface area (Å²) in [7, 11) is 0. The molecule has 18 heavy (non-hydrogen) atoms. The molecule has 0 spiro atoms. The summed E-state index contributed by atoms with van der Waals surface area (Å²) in [4.78, 5) is 22.9. The number of carbonyl (C=O) groups is 2. The van der Waals surface area contributed by atoms with Gasteiger partial charge in [-0.3, -0.25) is 9.59 Å². The predicted molar refractivity (Wildman–Crippen MR) is 73.9 cm³/mol. The fourth-order valence-electron chi connectivity index (χ4n) is 1.44. The molecule has 96 valence electrons. The minimum Gasteiger partial charge on any atom is -0.349 e. The summed E-state index contributed by atoms with van der Waals surface area (Å²) in [5.74, 6) is -0.158. The smallest absolute Gasteiger partial charge is 0.251 e. The normalized spacial score (nSPS) is 15.9. The first-order valence-corrected chi connectivity index (χ1v) is 6.83. The van der Waals surface area contributed by atoms with Crippen molar-refractivity contribution in [2.45, 2.75) is 30.6 Å². The van der Waals surface area contributed by atoms with Gasteiger partial charge in [0, 0.05) is 17.3 Å². The monoisotopic (exact) mass is 310 g/mol. The quantitative estimate of drug-likeness (QED) is 0.838. The van der Waals surface area contributed by atoms with Crippen LogP contribution in [-0.4, -0.2) is 22.7 Å². The number of halogens is 1. The van der Waals surface area contributed by atoms with Gasteiger partial charge in [0.25, 0.3) is 5.91 Å². The van der Waals surface area contributed by atoms with Crippen molar-refractivity contribution in [3.63, 3.8) is 0 Å². The summed E-state index contributed by atoms with van der Waals surface area (Å²) in [5.41, 5.74) is 1.31. The number of nitrogens with one attached hydrogen (secondary N) is 2. The lowest BCUT2D eigenvalue weighted by molar-refractivity contribution is -0.115. The van der Waals surface area contributed by atoms with Crippen LogP contribution in [0.1, 0.15) is 30.1 Å². The van der Waals surface area contributed by atoms with E-state index in [-0.39, 0.29) is 16.6 Å². The zero-order valence-electron chi connectivity index (χ0n) is 10.1. The Morgan fingerprint density at radius 2 is 1.89 bits per heavy atom. The molecular weight excluding hydrogens is 296 g/mol. The number of hydrogen-bond donors (Lipinski definition) is 2. The van der Waals surface area contributed by atoms with Gasteiger partial charge in [0.15, 0.2) is 0 Å². The van der Waals surface area contributed by atoms with E-state index in [9.17, 15) is 9.59 Å². The van der Waals surface area contributed by atoms with Crippen LogP contribution in [0.2, 0.25) is 0 Å². The van der Waals surface area contributed by atoms with Crippen LogP contribution >= 0.6 is 15.9 Å². The molecule has 1 saturated carbocycles. The minimum atomic E-state index is -0.240. The third kappa shape index (κ3) is 3.57. The molecule has 2 rings (SSSR count). The maximum absolute atomic E-state index is 11.7. The minimum absolute atomic E-state index is 0.0516. The van der Waals surface area contributed by atoms with Crippen LogP contribution in [0.25, 0.3) is 0 Å². The number of benzene rings is 1. The fraction of sp³-hybridized carbons (Fsp3) is 0.385. The summed E-state index contributed by atoms with van der Waals surface area (Å²) in [6.45, 7) is 1.76. The van der Waals surface area contributed by atoms with Crippen LogP contribution in [0.3, 0.4) is 0 Å². The molecule has 4 nitrogen and oxygen atoms in total. The second-order valence-corrected chi connectivity index (χ2v) is 5.80. The van der Waals surface area contributed by atoms with Crippen molar-refractivity contribution in [2.75, 3.05) is 5.32 Å². The van der Waals surface area contributed by atoms with Crippen LogP contribution in [0.4, 0.5) is 5.69 Å². The number of hydrogen-bond acceptors (Lipinski definition) is 2. The Hall–Kier alpha value is -1.36. The molecule has 1 aromatic rings. The third-order valence-corrected chi connectivity index (χ3v) is 3.10. The lowest BCUT2D eigenvalue weighted by Gasteiger charge is -2.08. The highest BCUT2D eigenvalue weighted by Gasteiger charge is 2.23. The van der Waals surface area contributed by atoms with E-state index in [1.807, 2.05) is 0 Å². The van der Waals surface area contributed by atoms with Gasteiger partial charge in [-0.2, -0.15) is 0 Å². The molecule has 1 aromatic carbocycles. The number of anilines is 1. The van der Waals surface area contributed by atoms with Gasteiger partial charge in [-0.25, -0.2) is 0 Å². The Morgan fingerprint density at radius 3 is 2.39 bits per heavy atom. The number of alkyl halides is 1. The first kappa shape index (κ1) is 13.1. The Labute approximate surface area is 114 Å². The third-order valence-electron chi connectivity index (χ3n) is 2.69. The highest BCUT2D eigenvalue weighted by molar-refractivity contribution is 9.10. The molecule has 1 unspecified atom stereocenters. The maximum Gasteiger partial charge on any atom is 0.251 e. The molecule has 0 bridgehead atoms. The molecule has 1 atom stereocenters. The molecule has 1 fully saturated rings. The largest absolute Gasteiger partial charge is 0.349 e. The molecule has 1 aliphatic carbocycles. The highest BCUT2D eigenvalue weighted by Crippen LogP contribution is 2.19. The molecular formula is C13H15BrN2O2. The van der Waals surface area contributed by atoms with Gasteiger partial charge in [-0.15, -0.1) is 0 Å². The van der Waals surface area contributed by atoms with Crippen molar-refractivity contribution in [3.8, 4) is 0 Å². The van der Waals surface area contributed by atoms with E-state index >= 15 is 0 Å². The Kier molecular flexibility index (Phi) is 4.01. The molecule has 5 heteroatoms. The van der Waals surface area contributed by atoms with Gasteiger partial charge < -0.3 is 10.6 Å². The van der Waals surface area contributed by atoms with Gasteiger partial charge in [0.2, 0.25) is 5.91 Å². The van der Waals surface area contributed by atoms with E-state index in [0.29, 0.717) is 17.3 Å². The molecule has 2 N–H and O–H groups in total. The summed E-state index contributed by atoms with van der Waals surface area (Å²) in [6.07, 6.45) is 2.14. The Morgan fingerprint density at radius 1 is 1.28 bits per heavy atom. The van der Waals surface area contributed by atoms with E-state index < -0.39 is 0 Å². The highest BCUT2D eigenvalue weighted by atomic mass is 79.9. The van der Waals surface area contributed by atoms with E-state index in [1.54, 1.807) is 31.2 Å². The predicted octanol–water partition coefficient (Wildman–Crippen LogP) is 2.30. The van der Waals surface area contributed by atoms with Gasteiger partial charge >= 0.3 is 0 Å². The number of carbonyl (C=O) groups excluding carboxylic acids is 2.